The molecule has 0 spiro atoms. The van der Waals surface area contributed by atoms with Crippen LogP contribution in [0.3, 0.4) is 0 Å². The van der Waals surface area contributed by atoms with Gasteiger partial charge in [-0.3, -0.25) is 14.6 Å². The molecule has 0 aliphatic carbocycles. The molecule has 0 aliphatic heterocycles. The molecule has 2 amide bonds. The average molecular weight is 378 g/mol. The highest BCUT2D eigenvalue weighted by molar-refractivity contribution is 7.80. The number of carbonyl (C=O) groups excluding carboxylic acids is 2. The van der Waals surface area contributed by atoms with Crippen LogP contribution in [0.2, 0.25) is 0 Å². The Kier molecular flexibility index (Phi) is 10.6. The van der Waals surface area contributed by atoms with Gasteiger partial charge in [0.1, 0.15) is 12.1 Å². The Labute approximate surface area is 150 Å². The van der Waals surface area contributed by atoms with Gasteiger partial charge in [0.15, 0.2) is 5.96 Å². The second-order valence-corrected chi connectivity index (χ2v) is 5.73. The minimum atomic E-state index is -1.35. The summed E-state index contributed by atoms with van der Waals surface area (Å²) in [7, 11) is 0. The Morgan fingerprint density at radius 3 is 2.24 bits per heavy atom. The van der Waals surface area contributed by atoms with Gasteiger partial charge in [-0.2, -0.15) is 12.6 Å². The number of aliphatic carboxylic acids is 1. The van der Waals surface area contributed by atoms with Gasteiger partial charge in [-0.15, -0.1) is 0 Å². The molecule has 25 heavy (non-hydrogen) atoms. The third-order valence-electron chi connectivity index (χ3n) is 3.16. The second-order valence-electron chi connectivity index (χ2n) is 5.36. The summed E-state index contributed by atoms with van der Waals surface area (Å²) in [6.45, 7) is 1.58. The molecule has 0 fully saturated rings. The molecular formula is C13H26N6O5S. The highest BCUT2D eigenvalue weighted by Crippen LogP contribution is 2.00. The number of thiol groups is 1. The molecule has 0 aromatic rings. The van der Waals surface area contributed by atoms with Gasteiger partial charge in [-0.25, -0.2) is 4.79 Å². The van der Waals surface area contributed by atoms with Crippen molar-refractivity contribution >= 4 is 36.4 Å². The van der Waals surface area contributed by atoms with E-state index in [2.05, 4.69) is 28.3 Å². The molecule has 11 nitrogen and oxygen atoms in total. The molecule has 12 heteroatoms. The van der Waals surface area contributed by atoms with Crippen molar-refractivity contribution in [2.45, 2.75) is 44.0 Å². The van der Waals surface area contributed by atoms with Crippen LogP contribution < -0.4 is 27.8 Å². The first-order chi connectivity index (χ1) is 11.6. The van der Waals surface area contributed by atoms with E-state index in [4.69, 9.17) is 22.3 Å². The highest BCUT2D eigenvalue weighted by Gasteiger charge is 2.30. The summed E-state index contributed by atoms with van der Waals surface area (Å²) < 4.78 is 0. The van der Waals surface area contributed by atoms with Crippen LogP contribution in [-0.2, 0) is 14.4 Å². The van der Waals surface area contributed by atoms with E-state index in [1.165, 1.54) is 6.92 Å². The summed E-state index contributed by atoms with van der Waals surface area (Å²) >= 11 is 3.82. The van der Waals surface area contributed by atoms with Gasteiger partial charge in [0, 0.05) is 12.3 Å². The van der Waals surface area contributed by atoms with Crippen molar-refractivity contribution in [1.29, 1.82) is 0 Å². The maximum atomic E-state index is 12.1. The summed E-state index contributed by atoms with van der Waals surface area (Å²) in [6.07, 6.45) is -0.559. The molecule has 0 rings (SSSR count). The van der Waals surface area contributed by atoms with Gasteiger partial charge < -0.3 is 38.0 Å². The quantitative estimate of drug-likeness (QED) is 0.0790. The average Bonchev–Trinajstić information content (AvgIpc) is 2.52. The third-order valence-corrected chi connectivity index (χ3v) is 3.53. The van der Waals surface area contributed by atoms with Gasteiger partial charge in [-0.05, 0) is 19.8 Å². The van der Waals surface area contributed by atoms with E-state index in [-0.39, 0.29) is 18.1 Å². The Hall–Kier alpha value is -2.05. The molecule has 10 N–H and O–H groups in total. The van der Waals surface area contributed by atoms with Crippen LogP contribution in [0.25, 0.3) is 0 Å². The number of rotatable bonds is 11. The number of aliphatic hydroxyl groups is 1. The number of carboxylic acid groups (broad SMARTS) is 1. The molecule has 0 saturated heterocycles. The number of nitrogens with zero attached hydrogens (tertiary/aromatic N) is 1. The maximum Gasteiger partial charge on any atom is 0.327 e. The highest BCUT2D eigenvalue weighted by atomic mass is 32.1. The van der Waals surface area contributed by atoms with Crippen LogP contribution >= 0.6 is 12.6 Å². The lowest BCUT2D eigenvalue weighted by atomic mass is 10.1. The van der Waals surface area contributed by atoms with Gasteiger partial charge in [0.05, 0.1) is 12.1 Å². The molecular weight excluding hydrogens is 352 g/mol. The van der Waals surface area contributed by atoms with Crippen LogP contribution in [0.4, 0.5) is 0 Å². The Balaban J connectivity index is 4.68. The van der Waals surface area contributed by atoms with Crippen molar-refractivity contribution in [3.8, 4) is 0 Å². The Bertz CT molecular complexity index is 497. The summed E-state index contributed by atoms with van der Waals surface area (Å²) in [4.78, 5) is 38.8. The lowest BCUT2D eigenvalue weighted by molar-refractivity contribution is -0.142. The van der Waals surface area contributed by atoms with Crippen LogP contribution in [0, 0.1) is 0 Å². The standard InChI is InChI=1S/C13H26N6O5S/c1-6(20)9(11(22)18-8(5-25)12(23)24)19-10(21)7(14)3-2-4-17-13(15)16/h6-9,20,25H,2-5,14H2,1H3,(H,18,22)(H,19,21)(H,23,24)(H4,15,16,17). The molecule has 0 saturated carbocycles. The zero-order chi connectivity index (χ0) is 19.6. The number of carbonyl (C=O) groups is 3. The lowest BCUT2D eigenvalue weighted by Crippen LogP contribution is -2.58. The van der Waals surface area contributed by atoms with Crippen molar-refractivity contribution in [1.82, 2.24) is 10.6 Å². The largest absolute Gasteiger partial charge is 0.480 e. The SMILES string of the molecule is CC(O)C(NC(=O)C(N)CCCN=C(N)N)C(=O)NC(CS)C(=O)O. The lowest BCUT2D eigenvalue weighted by Gasteiger charge is -2.24. The normalized spacial score (nSPS) is 15.4. The number of hydrogen-bond donors (Lipinski definition) is 8. The van der Waals surface area contributed by atoms with E-state index in [1.54, 1.807) is 0 Å². The summed E-state index contributed by atoms with van der Waals surface area (Å²) in [5.74, 6) is -3.01. The zero-order valence-corrected chi connectivity index (χ0v) is 14.8. The number of amides is 2. The van der Waals surface area contributed by atoms with Gasteiger partial charge in [0.2, 0.25) is 11.8 Å². The molecule has 0 aliphatic rings. The summed E-state index contributed by atoms with van der Waals surface area (Å²) in [5, 5.41) is 23.1. The van der Waals surface area contributed by atoms with E-state index >= 15 is 0 Å². The van der Waals surface area contributed by atoms with E-state index in [9.17, 15) is 19.5 Å². The first kappa shape index (κ1) is 22.9. The van der Waals surface area contributed by atoms with E-state index in [1.807, 2.05) is 0 Å². The first-order valence-electron chi connectivity index (χ1n) is 7.53. The van der Waals surface area contributed by atoms with Crippen molar-refractivity contribution in [2.24, 2.45) is 22.2 Å². The van der Waals surface area contributed by atoms with E-state index in [0.717, 1.165) is 0 Å². The number of aliphatic imine (C=N–C) groups is 1. The van der Waals surface area contributed by atoms with Crippen molar-refractivity contribution in [3.05, 3.63) is 0 Å². The van der Waals surface area contributed by atoms with Gasteiger partial charge >= 0.3 is 5.97 Å². The number of hydrogen-bond acceptors (Lipinski definition) is 7. The third kappa shape index (κ3) is 9.12. The van der Waals surface area contributed by atoms with Gasteiger partial charge in [-0.1, -0.05) is 0 Å². The van der Waals surface area contributed by atoms with Crippen molar-refractivity contribution < 1.29 is 24.6 Å². The second kappa shape index (κ2) is 11.5. The monoisotopic (exact) mass is 378 g/mol. The molecule has 144 valence electrons. The number of guanidine groups is 1. The molecule has 0 aromatic heterocycles. The molecule has 4 atom stereocenters. The molecule has 0 radical (unpaired) electrons. The number of nitrogens with one attached hydrogen (secondary N) is 2. The van der Waals surface area contributed by atoms with Crippen LogP contribution in [0.15, 0.2) is 4.99 Å². The summed E-state index contributed by atoms with van der Waals surface area (Å²) in [6, 6.07) is -3.54. The number of carboxylic acids is 1. The molecule has 0 heterocycles. The van der Waals surface area contributed by atoms with Crippen LogP contribution in [0.1, 0.15) is 19.8 Å². The maximum absolute atomic E-state index is 12.1. The van der Waals surface area contributed by atoms with E-state index in [0.29, 0.717) is 13.0 Å². The zero-order valence-electron chi connectivity index (χ0n) is 13.9. The van der Waals surface area contributed by atoms with Gasteiger partial charge in [0.25, 0.3) is 0 Å². The predicted molar refractivity (Wildman–Crippen MR) is 94.9 cm³/mol. The molecule has 0 bridgehead atoms. The van der Waals surface area contributed by atoms with Crippen LogP contribution in [0.5, 0.6) is 0 Å². The summed E-state index contributed by atoms with van der Waals surface area (Å²) in [5.41, 5.74) is 16.1. The first-order valence-corrected chi connectivity index (χ1v) is 8.16. The van der Waals surface area contributed by atoms with E-state index < -0.39 is 42.0 Å². The van der Waals surface area contributed by atoms with Crippen molar-refractivity contribution in [2.75, 3.05) is 12.3 Å². The smallest absolute Gasteiger partial charge is 0.327 e. The minimum absolute atomic E-state index is 0.0685. The fourth-order valence-corrected chi connectivity index (χ4v) is 2.01. The Morgan fingerprint density at radius 2 is 1.80 bits per heavy atom. The van der Waals surface area contributed by atoms with Crippen LogP contribution in [-0.4, -0.2) is 70.5 Å². The molecule has 0 aromatic carbocycles. The topological polar surface area (TPSA) is 206 Å². The molecule has 4 unspecified atom stereocenters. The Morgan fingerprint density at radius 1 is 1.20 bits per heavy atom. The fraction of sp³-hybridized carbons (Fsp3) is 0.692. The minimum Gasteiger partial charge on any atom is -0.480 e. The fourth-order valence-electron chi connectivity index (χ4n) is 1.76. The van der Waals surface area contributed by atoms with Crippen molar-refractivity contribution in [3.63, 3.8) is 0 Å². The predicted octanol–water partition coefficient (Wildman–Crippen LogP) is -3.27. The number of aliphatic hydroxyl groups excluding tert-OH is 1. The number of nitrogens with two attached hydrogens (primary N) is 3.